The van der Waals surface area contributed by atoms with Crippen LogP contribution in [0.5, 0.6) is 0 Å². The minimum Gasteiger partial charge on any atom is -0.330 e. The maximum atomic E-state index is 11.1. The zero-order valence-electron chi connectivity index (χ0n) is 10.9. The fourth-order valence-electron chi connectivity index (χ4n) is 2.67. The van der Waals surface area contributed by atoms with Gasteiger partial charge in [-0.3, -0.25) is 15.0 Å². The molecule has 104 valence electrons. The SMILES string of the molecule is CC1CC(CN)CN1Cc1ccc(Cl)cc1[N+](=O)[O-]. The molecule has 0 radical (unpaired) electrons. The van der Waals surface area contributed by atoms with Gasteiger partial charge >= 0.3 is 0 Å². The summed E-state index contributed by atoms with van der Waals surface area (Å²) in [5.74, 6) is 0.487. The second kappa shape index (κ2) is 5.86. The van der Waals surface area contributed by atoms with Crippen LogP contribution in [0, 0.1) is 16.0 Å². The number of benzene rings is 1. The maximum Gasteiger partial charge on any atom is 0.275 e. The minimum absolute atomic E-state index is 0.0934. The van der Waals surface area contributed by atoms with E-state index in [0.29, 0.717) is 35.6 Å². The van der Waals surface area contributed by atoms with Crippen molar-refractivity contribution in [2.75, 3.05) is 13.1 Å². The number of hydrogen-bond donors (Lipinski definition) is 1. The highest BCUT2D eigenvalue weighted by molar-refractivity contribution is 6.30. The highest BCUT2D eigenvalue weighted by atomic mass is 35.5. The molecule has 0 bridgehead atoms. The van der Waals surface area contributed by atoms with Crippen LogP contribution in [0.2, 0.25) is 5.02 Å². The van der Waals surface area contributed by atoms with Gasteiger partial charge in [-0.25, -0.2) is 0 Å². The summed E-state index contributed by atoms with van der Waals surface area (Å²) in [7, 11) is 0. The average molecular weight is 284 g/mol. The van der Waals surface area contributed by atoms with Crippen LogP contribution in [-0.4, -0.2) is 29.0 Å². The number of nitrogens with two attached hydrogens (primary N) is 1. The molecule has 2 atom stereocenters. The standard InChI is InChI=1S/C13H18ClN3O2/c1-9-4-10(6-15)7-16(9)8-11-2-3-12(14)5-13(11)17(18)19/h2-3,5,9-10H,4,6-8,15H2,1H3. The molecule has 19 heavy (non-hydrogen) atoms. The lowest BCUT2D eigenvalue weighted by molar-refractivity contribution is -0.385. The monoisotopic (exact) mass is 283 g/mol. The first-order valence-corrected chi connectivity index (χ1v) is 6.76. The van der Waals surface area contributed by atoms with E-state index in [1.807, 2.05) is 0 Å². The molecular weight excluding hydrogens is 266 g/mol. The predicted molar refractivity (Wildman–Crippen MR) is 75.1 cm³/mol. The van der Waals surface area contributed by atoms with E-state index >= 15 is 0 Å². The van der Waals surface area contributed by atoms with Crippen molar-refractivity contribution in [3.05, 3.63) is 38.9 Å². The predicted octanol–water partition coefficient (Wildman–Crippen LogP) is 2.42. The molecule has 0 aromatic heterocycles. The summed E-state index contributed by atoms with van der Waals surface area (Å²) in [6.07, 6.45) is 1.05. The quantitative estimate of drug-likeness (QED) is 0.680. The number of hydrogen-bond acceptors (Lipinski definition) is 4. The highest BCUT2D eigenvalue weighted by Crippen LogP contribution is 2.29. The van der Waals surface area contributed by atoms with Gasteiger partial charge in [-0.15, -0.1) is 0 Å². The fraction of sp³-hybridized carbons (Fsp3) is 0.538. The van der Waals surface area contributed by atoms with E-state index in [1.165, 1.54) is 6.07 Å². The Kier molecular flexibility index (Phi) is 4.39. The van der Waals surface area contributed by atoms with Gasteiger partial charge in [0.25, 0.3) is 5.69 Å². The zero-order valence-corrected chi connectivity index (χ0v) is 11.6. The van der Waals surface area contributed by atoms with Crippen molar-refractivity contribution in [2.45, 2.75) is 25.9 Å². The van der Waals surface area contributed by atoms with Gasteiger partial charge in [0.2, 0.25) is 0 Å². The van der Waals surface area contributed by atoms with Gasteiger partial charge in [-0.2, -0.15) is 0 Å². The maximum absolute atomic E-state index is 11.1. The van der Waals surface area contributed by atoms with Crippen molar-refractivity contribution in [1.29, 1.82) is 0 Å². The second-order valence-electron chi connectivity index (χ2n) is 5.15. The fourth-order valence-corrected chi connectivity index (χ4v) is 2.83. The molecule has 1 fully saturated rings. The number of rotatable bonds is 4. The van der Waals surface area contributed by atoms with Crippen LogP contribution in [0.15, 0.2) is 18.2 Å². The molecule has 1 aromatic rings. The number of nitrogens with zero attached hydrogens (tertiary/aromatic N) is 2. The van der Waals surface area contributed by atoms with E-state index in [-0.39, 0.29) is 10.6 Å². The van der Waals surface area contributed by atoms with Gasteiger partial charge in [-0.1, -0.05) is 11.6 Å². The van der Waals surface area contributed by atoms with Gasteiger partial charge in [-0.05, 0) is 37.9 Å². The first kappa shape index (κ1) is 14.2. The van der Waals surface area contributed by atoms with Crippen molar-refractivity contribution in [1.82, 2.24) is 4.90 Å². The van der Waals surface area contributed by atoms with Crippen LogP contribution in [-0.2, 0) is 6.54 Å². The largest absolute Gasteiger partial charge is 0.330 e. The Labute approximate surface area is 117 Å². The molecule has 0 saturated carbocycles. The van der Waals surface area contributed by atoms with E-state index < -0.39 is 0 Å². The second-order valence-corrected chi connectivity index (χ2v) is 5.58. The number of halogens is 1. The Hall–Kier alpha value is -1.17. The Morgan fingerprint density at radius 2 is 2.32 bits per heavy atom. The summed E-state index contributed by atoms with van der Waals surface area (Å²) >= 11 is 5.82. The molecule has 0 amide bonds. The van der Waals surface area contributed by atoms with Gasteiger partial charge in [0.1, 0.15) is 0 Å². The lowest BCUT2D eigenvalue weighted by atomic mass is 10.1. The van der Waals surface area contributed by atoms with Crippen LogP contribution >= 0.6 is 11.6 Å². The summed E-state index contributed by atoms with van der Waals surface area (Å²) in [5, 5.41) is 11.5. The van der Waals surface area contributed by atoms with Gasteiger partial charge in [0.05, 0.1) is 4.92 Å². The Morgan fingerprint density at radius 1 is 1.58 bits per heavy atom. The van der Waals surface area contributed by atoms with E-state index in [2.05, 4.69) is 11.8 Å². The molecule has 2 N–H and O–H groups in total. The van der Waals surface area contributed by atoms with Crippen LogP contribution in [0.1, 0.15) is 18.9 Å². The summed E-state index contributed by atoms with van der Waals surface area (Å²) in [4.78, 5) is 12.9. The van der Waals surface area contributed by atoms with E-state index in [9.17, 15) is 10.1 Å². The first-order chi connectivity index (χ1) is 9.01. The molecule has 1 saturated heterocycles. The number of nitro benzene ring substituents is 1. The van der Waals surface area contributed by atoms with Crippen LogP contribution in [0.4, 0.5) is 5.69 Å². The molecular formula is C13H18ClN3O2. The average Bonchev–Trinajstić information content (AvgIpc) is 2.72. The third-order valence-corrected chi connectivity index (χ3v) is 3.98. The van der Waals surface area contributed by atoms with Gasteiger partial charge < -0.3 is 5.73 Å². The Balaban J connectivity index is 2.17. The lowest BCUT2D eigenvalue weighted by Gasteiger charge is -2.20. The molecule has 2 rings (SSSR count). The Bertz CT molecular complexity index is 481. The van der Waals surface area contributed by atoms with Gasteiger partial charge in [0.15, 0.2) is 0 Å². The molecule has 1 heterocycles. The van der Waals surface area contributed by atoms with E-state index in [1.54, 1.807) is 12.1 Å². The summed E-state index contributed by atoms with van der Waals surface area (Å²) < 4.78 is 0. The molecule has 0 aliphatic carbocycles. The lowest BCUT2D eigenvalue weighted by Crippen LogP contribution is -2.27. The minimum atomic E-state index is -0.373. The number of nitro groups is 1. The summed E-state index contributed by atoms with van der Waals surface area (Å²) in [6, 6.07) is 5.26. The molecule has 6 heteroatoms. The van der Waals surface area contributed by atoms with Crippen molar-refractivity contribution < 1.29 is 4.92 Å². The summed E-state index contributed by atoms with van der Waals surface area (Å²) in [5.41, 5.74) is 6.50. The normalized spacial score (nSPS) is 23.7. The molecule has 1 aliphatic heterocycles. The van der Waals surface area contributed by atoms with Gasteiger partial charge in [0, 0.05) is 35.8 Å². The smallest absolute Gasteiger partial charge is 0.275 e. The van der Waals surface area contributed by atoms with Crippen LogP contribution in [0.3, 0.4) is 0 Å². The summed E-state index contributed by atoms with van der Waals surface area (Å²) in [6.45, 7) is 4.28. The topological polar surface area (TPSA) is 72.4 Å². The molecule has 1 aliphatic rings. The third-order valence-electron chi connectivity index (χ3n) is 3.74. The first-order valence-electron chi connectivity index (χ1n) is 6.38. The van der Waals surface area contributed by atoms with Crippen LogP contribution in [0.25, 0.3) is 0 Å². The molecule has 5 nitrogen and oxygen atoms in total. The van der Waals surface area contributed by atoms with E-state index in [0.717, 1.165) is 13.0 Å². The molecule has 2 unspecified atom stereocenters. The van der Waals surface area contributed by atoms with E-state index in [4.69, 9.17) is 17.3 Å². The van der Waals surface area contributed by atoms with Crippen molar-refractivity contribution in [3.8, 4) is 0 Å². The van der Waals surface area contributed by atoms with Crippen molar-refractivity contribution >= 4 is 17.3 Å². The van der Waals surface area contributed by atoms with Crippen LogP contribution < -0.4 is 5.73 Å². The third kappa shape index (κ3) is 3.23. The highest BCUT2D eigenvalue weighted by Gasteiger charge is 2.29. The van der Waals surface area contributed by atoms with Crippen molar-refractivity contribution in [2.24, 2.45) is 11.7 Å². The zero-order chi connectivity index (χ0) is 14.0. The molecule has 1 aromatic carbocycles. The Morgan fingerprint density at radius 3 is 2.89 bits per heavy atom. The molecule has 0 spiro atoms. The van der Waals surface area contributed by atoms with Crippen molar-refractivity contribution in [3.63, 3.8) is 0 Å². The number of likely N-dealkylation sites (tertiary alicyclic amines) is 1.